The maximum absolute atomic E-state index is 4.54. The molecule has 2 rings (SSSR count). The minimum absolute atomic E-state index is 0. The van der Waals surface area contributed by atoms with Crippen LogP contribution < -0.4 is 0 Å². The molecule has 0 unspecified atom stereocenters. The number of nitrogens with zero attached hydrogens (tertiary/aromatic N) is 2. The molecular weight excluding hydrogens is 238 g/mol. The van der Waals surface area contributed by atoms with Crippen LogP contribution in [0.5, 0.6) is 0 Å². The maximum Gasteiger partial charge on any atom is 0.140 e. The number of benzene rings is 1. The van der Waals surface area contributed by atoms with E-state index in [9.17, 15) is 0 Å². The Morgan fingerprint density at radius 3 is 2.13 bits per heavy atom. The van der Waals surface area contributed by atoms with Gasteiger partial charge in [-0.3, -0.25) is 0 Å². The normalized spacial score (nSPS) is 9.80. The maximum atomic E-state index is 4.54. The van der Waals surface area contributed by atoms with Crippen LogP contribution in [0, 0.1) is 13.8 Å². The molecule has 0 N–H and O–H groups in total. The van der Waals surface area contributed by atoms with Crippen molar-refractivity contribution in [2.24, 2.45) is 7.05 Å². The van der Waals surface area contributed by atoms with E-state index in [1.807, 2.05) is 25.1 Å². The number of imidazole rings is 1. The third kappa shape index (κ3) is 2.18. The average Bonchev–Trinajstić information content (AvgIpc) is 2.47. The Hall–Kier alpha value is -0.947. The second-order valence-electron chi connectivity index (χ2n) is 3.53. The standard InChI is InChI=1S/C12H14N2.Zn/c1-9-10(2)14(3)12(13-9)11-7-5-4-6-8-11;/h4-8H,1-3H3;. The summed E-state index contributed by atoms with van der Waals surface area (Å²) in [6, 6.07) is 10.3. The zero-order chi connectivity index (χ0) is 10.1. The summed E-state index contributed by atoms with van der Waals surface area (Å²) in [7, 11) is 2.05. The summed E-state index contributed by atoms with van der Waals surface area (Å²) >= 11 is 0. The molecule has 0 saturated heterocycles. The van der Waals surface area contributed by atoms with E-state index in [0.717, 1.165) is 11.5 Å². The van der Waals surface area contributed by atoms with E-state index < -0.39 is 0 Å². The van der Waals surface area contributed by atoms with E-state index in [-0.39, 0.29) is 19.5 Å². The minimum Gasteiger partial charge on any atom is -0.331 e. The summed E-state index contributed by atoms with van der Waals surface area (Å²) in [5.74, 6) is 1.04. The Balaban J connectivity index is 0.00000112. The van der Waals surface area contributed by atoms with Gasteiger partial charge in [0.05, 0.1) is 5.69 Å². The van der Waals surface area contributed by atoms with Gasteiger partial charge in [0.15, 0.2) is 0 Å². The summed E-state index contributed by atoms with van der Waals surface area (Å²) in [5.41, 5.74) is 3.50. The zero-order valence-corrected chi connectivity index (χ0v) is 12.5. The van der Waals surface area contributed by atoms with Crippen molar-refractivity contribution in [1.82, 2.24) is 9.55 Å². The molecule has 1 heterocycles. The van der Waals surface area contributed by atoms with Gasteiger partial charge in [0, 0.05) is 37.8 Å². The molecule has 0 amide bonds. The van der Waals surface area contributed by atoms with Crippen molar-refractivity contribution in [2.45, 2.75) is 13.8 Å². The Kier molecular flexibility index (Phi) is 3.81. The number of aryl methyl sites for hydroxylation is 1. The molecule has 1 aromatic carbocycles. The van der Waals surface area contributed by atoms with Crippen molar-refractivity contribution >= 4 is 0 Å². The second kappa shape index (κ2) is 4.72. The van der Waals surface area contributed by atoms with Crippen molar-refractivity contribution < 1.29 is 19.5 Å². The average molecular weight is 252 g/mol. The summed E-state index contributed by atoms with van der Waals surface area (Å²) in [6.07, 6.45) is 0. The Bertz CT molecular complexity index is 446. The van der Waals surface area contributed by atoms with Crippen LogP contribution in [0.1, 0.15) is 11.4 Å². The van der Waals surface area contributed by atoms with Gasteiger partial charge in [0.1, 0.15) is 5.82 Å². The molecule has 2 aromatic rings. The fourth-order valence-corrected chi connectivity index (χ4v) is 1.56. The molecule has 0 saturated carbocycles. The van der Waals surface area contributed by atoms with Gasteiger partial charge < -0.3 is 4.57 Å². The van der Waals surface area contributed by atoms with Crippen LogP contribution in [0.15, 0.2) is 30.3 Å². The van der Waals surface area contributed by atoms with Gasteiger partial charge in [-0.15, -0.1) is 0 Å². The van der Waals surface area contributed by atoms with Crippen molar-refractivity contribution in [3.8, 4) is 11.4 Å². The number of hydrogen-bond acceptors (Lipinski definition) is 1. The molecule has 74 valence electrons. The number of rotatable bonds is 1. The van der Waals surface area contributed by atoms with Crippen LogP contribution in [-0.4, -0.2) is 9.55 Å². The molecule has 0 radical (unpaired) electrons. The second-order valence-corrected chi connectivity index (χ2v) is 3.53. The number of aromatic nitrogens is 2. The van der Waals surface area contributed by atoms with E-state index in [4.69, 9.17) is 0 Å². The Labute approximate surface area is 103 Å². The molecule has 0 aliphatic heterocycles. The summed E-state index contributed by atoms with van der Waals surface area (Å²) in [4.78, 5) is 4.54. The van der Waals surface area contributed by atoms with Crippen LogP contribution in [-0.2, 0) is 26.5 Å². The molecule has 0 aliphatic carbocycles. The SMILES string of the molecule is Cc1nc(-c2ccccc2)n(C)c1C.[Zn]. The van der Waals surface area contributed by atoms with Crippen molar-refractivity contribution in [1.29, 1.82) is 0 Å². The molecule has 2 nitrogen and oxygen atoms in total. The monoisotopic (exact) mass is 250 g/mol. The summed E-state index contributed by atoms with van der Waals surface area (Å²) in [6.45, 7) is 4.14. The summed E-state index contributed by atoms with van der Waals surface area (Å²) < 4.78 is 2.13. The van der Waals surface area contributed by atoms with E-state index in [2.05, 4.69) is 35.7 Å². The molecule has 1 aromatic heterocycles. The molecule has 15 heavy (non-hydrogen) atoms. The Morgan fingerprint density at radius 1 is 1.07 bits per heavy atom. The fourth-order valence-electron chi connectivity index (χ4n) is 1.56. The Morgan fingerprint density at radius 2 is 1.67 bits per heavy atom. The number of hydrogen-bond donors (Lipinski definition) is 0. The first-order valence-electron chi connectivity index (χ1n) is 4.75. The van der Waals surface area contributed by atoms with Crippen molar-refractivity contribution in [2.75, 3.05) is 0 Å². The first-order chi connectivity index (χ1) is 6.70. The third-order valence-electron chi connectivity index (χ3n) is 2.65. The first-order valence-corrected chi connectivity index (χ1v) is 4.75. The third-order valence-corrected chi connectivity index (χ3v) is 2.65. The van der Waals surface area contributed by atoms with E-state index in [1.54, 1.807) is 0 Å². The van der Waals surface area contributed by atoms with Gasteiger partial charge in [-0.25, -0.2) is 4.98 Å². The zero-order valence-electron chi connectivity index (χ0n) is 9.49. The van der Waals surface area contributed by atoms with Crippen LogP contribution in [0.3, 0.4) is 0 Å². The van der Waals surface area contributed by atoms with Gasteiger partial charge >= 0.3 is 0 Å². The molecule has 0 bridgehead atoms. The topological polar surface area (TPSA) is 17.8 Å². The van der Waals surface area contributed by atoms with Crippen molar-refractivity contribution in [3.05, 3.63) is 41.7 Å². The van der Waals surface area contributed by atoms with Crippen LogP contribution in [0.2, 0.25) is 0 Å². The first kappa shape index (κ1) is 12.1. The molecule has 0 fully saturated rings. The van der Waals surface area contributed by atoms with Gasteiger partial charge in [-0.2, -0.15) is 0 Å². The van der Waals surface area contributed by atoms with Gasteiger partial charge in [0.2, 0.25) is 0 Å². The molecule has 0 atom stereocenters. The van der Waals surface area contributed by atoms with E-state index >= 15 is 0 Å². The van der Waals surface area contributed by atoms with E-state index in [0.29, 0.717) is 0 Å². The minimum atomic E-state index is 0. The van der Waals surface area contributed by atoms with Crippen LogP contribution in [0.4, 0.5) is 0 Å². The van der Waals surface area contributed by atoms with Crippen LogP contribution >= 0.6 is 0 Å². The van der Waals surface area contributed by atoms with Gasteiger partial charge in [-0.05, 0) is 13.8 Å². The van der Waals surface area contributed by atoms with Gasteiger partial charge in [0.25, 0.3) is 0 Å². The fraction of sp³-hybridized carbons (Fsp3) is 0.250. The molecule has 0 aliphatic rings. The van der Waals surface area contributed by atoms with Crippen LogP contribution in [0.25, 0.3) is 11.4 Å². The van der Waals surface area contributed by atoms with Crippen molar-refractivity contribution in [3.63, 3.8) is 0 Å². The molecule has 3 heteroatoms. The molecule has 0 spiro atoms. The van der Waals surface area contributed by atoms with Gasteiger partial charge in [-0.1, -0.05) is 30.3 Å². The predicted molar refractivity (Wildman–Crippen MR) is 58.1 cm³/mol. The predicted octanol–water partition coefficient (Wildman–Crippen LogP) is 2.70. The van der Waals surface area contributed by atoms with E-state index in [1.165, 1.54) is 11.3 Å². The summed E-state index contributed by atoms with van der Waals surface area (Å²) in [5, 5.41) is 0. The molecular formula is C12H14N2Zn. The quantitative estimate of drug-likeness (QED) is 0.713. The largest absolute Gasteiger partial charge is 0.331 e. The smallest absolute Gasteiger partial charge is 0.140 e.